The van der Waals surface area contributed by atoms with E-state index in [1.54, 1.807) is 0 Å². The number of benzene rings is 2. The van der Waals surface area contributed by atoms with Crippen LogP contribution in [-0.4, -0.2) is 13.2 Å². The van der Waals surface area contributed by atoms with Gasteiger partial charge in [-0.2, -0.15) is 0 Å². The number of hydrogen-bond donors (Lipinski definition) is 1. The lowest BCUT2D eigenvalue weighted by atomic mass is 10.2. The Morgan fingerprint density at radius 2 is 1.79 bits per heavy atom. The molecule has 2 aromatic carbocycles. The Bertz CT molecular complexity index is 482. The molecule has 1 N–H and O–H groups in total. The van der Waals surface area contributed by atoms with E-state index in [0.29, 0.717) is 0 Å². The molecule has 0 fully saturated rings. The largest absolute Gasteiger partial charge is 0.494 e. The molecule has 0 saturated carbocycles. The van der Waals surface area contributed by atoms with Crippen LogP contribution in [0.25, 0.3) is 0 Å². The molecule has 0 unspecified atom stereocenters. The van der Waals surface area contributed by atoms with Gasteiger partial charge in [-0.05, 0) is 49.6 Å². The fraction of sp³-hybridized carbons (Fsp3) is 0.294. The first-order valence-electron chi connectivity index (χ1n) is 6.83. The highest BCUT2D eigenvalue weighted by Crippen LogP contribution is 2.12. The normalized spacial score (nSPS) is 10.2. The van der Waals surface area contributed by atoms with Crippen molar-refractivity contribution in [3.63, 3.8) is 0 Å². The molecule has 2 nitrogen and oxygen atoms in total. The Morgan fingerprint density at radius 3 is 2.58 bits per heavy atom. The van der Waals surface area contributed by atoms with Gasteiger partial charge in [-0.1, -0.05) is 30.3 Å². The molecule has 100 valence electrons. The van der Waals surface area contributed by atoms with Crippen LogP contribution in [0.4, 0.5) is 5.69 Å². The molecule has 19 heavy (non-hydrogen) atoms. The summed E-state index contributed by atoms with van der Waals surface area (Å²) in [5.74, 6) is 0.969. The summed E-state index contributed by atoms with van der Waals surface area (Å²) < 4.78 is 5.71. The van der Waals surface area contributed by atoms with Crippen LogP contribution in [0.5, 0.6) is 5.75 Å². The minimum absolute atomic E-state index is 0.778. The molecule has 0 radical (unpaired) electrons. The summed E-state index contributed by atoms with van der Waals surface area (Å²) in [6.45, 7) is 3.84. The van der Waals surface area contributed by atoms with E-state index in [1.165, 1.54) is 11.3 Å². The summed E-state index contributed by atoms with van der Waals surface area (Å²) in [4.78, 5) is 0. The maximum absolute atomic E-state index is 5.71. The van der Waals surface area contributed by atoms with Crippen molar-refractivity contribution in [2.24, 2.45) is 0 Å². The van der Waals surface area contributed by atoms with Gasteiger partial charge in [0.2, 0.25) is 0 Å². The second kappa shape index (κ2) is 7.47. The van der Waals surface area contributed by atoms with E-state index in [2.05, 4.69) is 36.5 Å². The SMILES string of the molecule is Cc1cccc(OCCCCNc2ccccc2)c1. The van der Waals surface area contributed by atoms with Crippen molar-refractivity contribution < 1.29 is 4.74 Å². The molecule has 0 aliphatic carbocycles. The van der Waals surface area contributed by atoms with Gasteiger partial charge in [0.25, 0.3) is 0 Å². The van der Waals surface area contributed by atoms with Crippen LogP contribution in [0.15, 0.2) is 54.6 Å². The molecule has 0 heterocycles. The van der Waals surface area contributed by atoms with Gasteiger partial charge in [-0.25, -0.2) is 0 Å². The number of unbranched alkanes of at least 4 members (excludes halogenated alkanes) is 1. The summed E-state index contributed by atoms with van der Waals surface area (Å²) in [6.07, 6.45) is 2.18. The summed E-state index contributed by atoms with van der Waals surface area (Å²) in [5, 5.41) is 3.40. The third-order valence-electron chi connectivity index (χ3n) is 2.93. The van der Waals surface area contributed by atoms with Crippen molar-refractivity contribution >= 4 is 5.69 Å². The smallest absolute Gasteiger partial charge is 0.119 e. The average molecular weight is 255 g/mol. The second-order valence-electron chi connectivity index (χ2n) is 4.66. The monoisotopic (exact) mass is 255 g/mol. The van der Waals surface area contributed by atoms with E-state index in [9.17, 15) is 0 Å². The van der Waals surface area contributed by atoms with Crippen molar-refractivity contribution in [2.75, 3.05) is 18.5 Å². The molecule has 0 amide bonds. The zero-order valence-corrected chi connectivity index (χ0v) is 11.4. The van der Waals surface area contributed by atoms with Gasteiger partial charge < -0.3 is 10.1 Å². The second-order valence-corrected chi connectivity index (χ2v) is 4.66. The first-order chi connectivity index (χ1) is 9.34. The molecule has 2 aromatic rings. The Morgan fingerprint density at radius 1 is 0.947 bits per heavy atom. The molecule has 0 saturated heterocycles. The van der Waals surface area contributed by atoms with E-state index in [1.807, 2.05) is 30.3 Å². The Balaban J connectivity index is 1.58. The number of para-hydroxylation sites is 1. The maximum Gasteiger partial charge on any atom is 0.119 e. The molecule has 0 spiro atoms. The Labute approximate surface area is 115 Å². The fourth-order valence-electron chi connectivity index (χ4n) is 1.91. The van der Waals surface area contributed by atoms with Gasteiger partial charge >= 0.3 is 0 Å². The predicted octanol–water partition coefficient (Wildman–Crippen LogP) is 4.27. The van der Waals surface area contributed by atoms with E-state index in [0.717, 1.165) is 31.7 Å². The number of nitrogens with one attached hydrogen (secondary N) is 1. The number of anilines is 1. The standard InChI is InChI=1S/C17H21NO/c1-15-8-7-11-17(14-15)19-13-6-5-12-18-16-9-3-2-4-10-16/h2-4,7-11,14,18H,5-6,12-13H2,1H3. The number of hydrogen-bond acceptors (Lipinski definition) is 2. The van der Waals surface area contributed by atoms with Crippen molar-refractivity contribution in [1.82, 2.24) is 0 Å². The van der Waals surface area contributed by atoms with Crippen LogP contribution in [-0.2, 0) is 0 Å². The lowest BCUT2D eigenvalue weighted by Gasteiger charge is -2.08. The highest BCUT2D eigenvalue weighted by Gasteiger charge is 1.94. The van der Waals surface area contributed by atoms with Crippen LogP contribution in [0.3, 0.4) is 0 Å². The molecule has 0 bridgehead atoms. The lowest BCUT2D eigenvalue weighted by molar-refractivity contribution is 0.308. The zero-order chi connectivity index (χ0) is 13.3. The minimum Gasteiger partial charge on any atom is -0.494 e. The highest BCUT2D eigenvalue weighted by atomic mass is 16.5. The number of aryl methyl sites for hydroxylation is 1. The first-order valence-corrected chi connectivity index (χ1v) is 6.83. The molecule has 2 heteroatoms. The molecule has 0 aliphatic rings. The molecule has 0 atom stereocenters. The lowest BCUT2D eigenvalue weighted by Crippen LogP contribution is -2.04. The van der Waals surface area contributed by atoms with Gasteiger partial charge in [0.1, 0.15) is 5.75 Å². The Kier molecular flexibility index (Phi) is 5.30. The molecule has 0 aromatic heterocycles. The van der Waals surface area contributed by atoms with Gasteiger partial charge in [0.05, 0.1) is 6.61 Å². The first kappa shape index (κ1) is 13.5. The third kappa shape index (κ3) is 5.04. The minimum atomic E-state index is 0.778. The van der Waals surface area contributed by atoms with Gasteiger partial charge in [-0.15, -0.1) is 0 Å². The van der Waals surface area contributed by atoms with Crippen molar-refractivity contribution in [3.8, 4) is 5.75 Å². The van der Waals surface area contributed by atoms with Crippen molar-refractivity contribution in [3.05, 3.63) is 60.2 Å². The van der Waals surface area contributed by atoms with Gasteiger partial charge in [0, 0.05) is 12.2 Å². The van der Waals surface area contributed by atoms with E-state index in [4.69, 9.17) is 4.74 Å². The quantitative estimate of drug-likeness (QED) is 0.746. The van der Waals surface area contributed by atoms with E-state index < -0.39 is 0 Å². The number of ether oxygens (including phenoxy) is 1. The fourth-order valence-corrected chi connectivity index (χ4v) is 1.91. The van der Waals surface area contributed by atoms with Gasteiger partial charge in [0.15, 0.2) is 0 Å². The van der Waals surface area contributed by atoms with Crippen LogP contribution in [0, 0.1) is 6.92 Å². The summed E-state index contributed by atoms with van der Waals surface area (Å²) in [7, 11) is 0. The van der Waals surface area contributed by atoms with E-state index >= 15 is 0 Å². The summed E-state index contributed by atoms with van der Waals surface area (Å²) in [6, 6.07) is 18.5. The highest BCUT2D eigenvalue weighted by molar-refractivity contribution is 5.42. The summed E-state index contributed by atoms with van der Waals surface area (Å²) in [5.41, 5.74) is 2.42. The predicted molar refractivity (Wildman–Crippen MR) is 80.8 cm³/mol. The van der Waals surface area contributed by atoms with Crippen LogP contribution < -0.4 is 10.1 Å². The van der Waals surface area contributed by atoms with Crippen molar-refractivity contribution in [2.45, 2.75) is 19.8 Å². The van der Waals surface area contributed by atoms with Crippen LogP contribution in [0.2, 0.25) is 0 Å². The molecule has 2 rings (SSSR count). The maximum atomic E-state index is 5.71. The molecular weight excluding hydrogens is 234 g/mol. The van der Waals surface area contributed by atoms with Crippen LogP contribution >= 0.6 is 0 Å². The third-order valence-corrected chi connectivity index (χ3v) is 2.93. The van der Waals surface area contributed by atoms with Crippen molar-refractivity contribution in [1.29, 1.82) is 0 Å². The number of rotatable bonds is 7. The average Bonchev–Trinajstić information content (AvgIpc) is 2.44. The Hall–Kier alpha value is -1.96. The molecule has 0 aliphatic heterocycles. The van der Waals surface area contributed by atoms with Crippen LogP contribution in [0.1, 0.15) is 18.4 Å². The van der Waals surface area contributed by atoms with Gasteiger partial charge in [-0.3, -0.25) is 0 Å². The molecular formula is C17H21NO. The summed E-state index contributed by atoms with van der Waals surface area (Å²) >= 11 is 0. The van der Waals surface area contributed by atoms with E-state index in [-0.39, 0.29) is 0 Å². The zero-order valence-electron chi connectivity index (χ0n) is 11.4. The topological polar surface area (TPSA) is 21.3 Å².